The molecule has 0 amide bonds. The predicted octanol–water partition coefficient (Wildman–Crippen LogP) is 2.36. The number of allylic oxidation sites excluding steroid dienone is 2. The molecule has 5 heterocycles. The monoisotopic (exact) mass is 438 g/mol. The van der Waals surface area contributed by atoms with Crippen molar-refractivity contribution in [2.45, 2.75) is 31.8 Å². The standard InChI is InChI=1S/C24H31FN6O/c1-16-6-5-9-26-22(16)18-14-17(32)15-19(29(18)3)23-24(25)31-20(27-23)7-4-8-21(31)30-12-10-28(2)11-13-30/h4-8,18-19,26H,9-15H2,1-3H3. The molecule has 2 atom stereocenters. The van der Waals surface area contributed by atoms with Crippen molar-refractivity contribution in [3.63, 3.8) is 0 Å². The van der Waals surface area contributed by atoms with Gasteiger partial charge in [0.15, 0.2) is 0 Å². The molecule has 0 aromatic carbocycles. The molecular formula is C24H31FN6O. The maximum atomic E-state index is 15.9. The Balaban J connectivity index is 1.53. The number of anilines is 1. The van der Waals surface area contributed by atoms with Crippen LogP contribution in [0.25, 0.3) is 5.65 Å². The van der Waals surface area contributed by atoms with E-state index in [-0.39, 0.29) is 24.2 Å². The molecule has 2 unspecified atom stereocenters. The number of hydrogen-bond acceptors (Lipinski definition) is 6. The molecule has 2 aromatic heterocycles. The molecule has 1 N–H and O–H groups in total. The van der Waals surface area contributed by atoms with E-state index in [1.807, 2.05) is 32.2 Å². The van der Waals surface area contributed by atoms with Gasteiger partial charge in [0.1, 0.15) is 22.9 Å². The lowest BCUT2D eigenvalue weighted by atomic mass is 9.89. The number of halogens is 1. The number of nitrogens with zero attached hydrogens (tertiary/aromatic N) is 5. The van der Waals surface area contributed by atoms with E-state index in [0.717, 1.165) is 49.8 Å². The third kappa shape index (κ3) is 3.61. The Morgan fingerprint density at radius 1 is 1.09 bits per heavy atom. The van der Waals surface area contributed by atoms with Gasteiger partial charge >= 0.3 is 0 Å². The molecule has 0 saturated carbocycles. The fourth-order valence-corrected chi connectivity index (χ4v) is 5.18. The number of dihydropyridines is 1. The van der Waals surface area contributed by atoms with Gasteiger partial charge in [0.2, 0.25) is 5.95 Å². The summed E-state index contributed by atoms with van der Waals surface area (Å²) in [5.41, 5.74) is 3.12. The van der Waals surface area contributed by atoms with Crippen LogP contribution in [0.3, 0.4) is 0 Å². The number of carbonyl (C=O) groups excluding carboxylic acids is 1. The van der Waals surface area contributed by atoms with Crippen molar-refractivity contribution in [1.29, 1.82) is 0 Å². The van der Waals surface area contributed by atoms with Gasteiger partial charge in [-0.05, 0) is 38.7 Å². The lowest BCUT2D eigenvalue weighted by Gasteiger charge is -2.40. The van der Waals surface area contributed by atoms with Gasteiger partial charge in [-0.15, -0.1) is 0 Å². The number of aromatic nitrogens is 2. The second kappa shape index (κ2) is 8.33. The van der Waals surface area contributed by atoms with Crippen LogP contribution < -0.4 is 10.2 Å². The number of pyridine rings is 1. The second-order valence-corrected chi connectivity index (χ2v) is 9.18. The van der Waals surface area contributed by atoms with Crippen molar-refractivity contribution in [1.82, 2.24) is 24.5 Å². The minimum absolute atomic E-state index is 0.104. The topological polar surface area (TPSA) is 56.1 Å². The molecule has 2 fully saturated rings. The zero-order valence-electron chi connectivity index (χ0n) is 19.0. The number of imidazole rings is 1. The Morgan fingerprint density at radius 3 is 2.59 bits per heavy atom. The SMILES string of the molecule is CC1=C(C2CC(=O)CC(c3nc4cccc(N5CCN(C)CC5)n4c3F)N2C)NCC=C1. The molecule has 32 heavy (non-hydrogen) atoms. The van der Waals surface area contributed by atoms with E-state index in [1.54, 1.807) is 4.40 Å². The van der Waals surface area contributed by atoms with E-state index < -0.39 is 6.04 Å². The number of hydrogen-bond donors (Lipinski definition) is 1. The first-order valence-corrected chi connectivity index (χ1v) is 11.4. The summed E-state index contributed by atoms with van der Waals surface area (Å²) in [6.45, 7) is 6.37. The lowest BCUT2D eigenvalue weighted by Crippen LogP contribution is -2.47. The normalized spacial score (nSPS) is 25.6. The molecule has 5 rings (SSSR count). The molecule has 0 aliphatic carbocycles. The quantitative estimate of drug-likeness (QED) is 0.794. The summed E-state index contributed by atoms with van der Waals surface area (Å²) in [7, 11) is 4.08. The first-order chi connectivity index (χ1) is 15.4. The highest BCUT2D eigenvalue weighted by atomic mass is 19.1. The number of carbonyl (C=O) groups is 1. The number of piperazine rings is 1. The van der Waals surface area contributed by atoms with Crippen LogP contribution in [0.1, 0.15) is 31.5 Å². The van der Waals surface area contributed by atoms with Crippen molar-refractivity contribution in [3.8, 4) is 0 Å². The number of nitrogens with one attached hydrogen (secondary N) is 1. The highest BCUT2D eigenvalue weighted by molar-refractivity contribution is 5.81. The molecule has 3 aliphatic heterocycles. The number of piperidine rings is 1. The van der Waals surface area contributed by atoms with Gasteiger partial charge in [-0.3, -0.25) is 14.1 Å². The van der Waals surface area contributed by atoms with E-state index in [1.165, 1.54) is 0 Å². The number of Topliss-reactive ketones (excluding diaryl/α,β-unsaturated/α-hetero) is 1. The van der Waals surface area contributed by atoms with Crippen LogP contribution in [0, 0.1) is 5.95 Å². The summed E-state index contributed by atoms with van der Waals surface area (Å²) >= 11 is 0. The third-order valence-corrected chi connectivity index (χ3v) is 7.10. The Morgan fingerprint density at radius 2 is 1.84 bits per heavy atom. The highest BCUT2D eigenvalue weighted by Crippen LogP contribution is 2.36. The molecule has 3 aliphatic rings. The van der Waals surface area contributed by atoms with Gasteiger partial charge in [-0.1, -0.05) is 18.2 Å². The molecule has 7 nitrogen and oxygen atoms in total. The predicted molar refractivity (Wildman–Crippen MR) is 123 cm³/mol. The number of ketones is 1. The fraction of sp³-hybridized carbons (Fsp3) is 0.500. The maximum absolute atomic E-state index is 15.9. The minimum atomic E-state index is -0.394. The van der Waals surface area contributed by atoms with Gasteiger partial charge in [-0.2, -0.15) is 4.39 Å². The Bertz CT molecular complexity index is 1100. The van der Waals surface area contributed by atoms with Gasteiger partial charge in [-0.25, -0.2) is 4.98 Å². The van der Waals surface area contributed by atoms with Crippen molar-refractivity contribution in [2.75, 3.05) is 51.7 Å². The van der Waals surface area contributed by atoms with Gasteiger partial charge < -0.3 is 15.1 Å². The average Bonchev–Trinajstić information content (AvgIpc) is 3.13. The van der Waals surface area contributed by atoms with Crippen LogP contribution >= 0.6 is 0 Å². The van der Waals surface area contributed by atoms with Gasteiger partial charge in [0.25, 0.3) is 0 Å². The third-order valence-electron chi connectivity index (χ3n) is 7.10. The van der Waals surface area contributed by atoms with Crippen LogP contribution in [0.2, 0.25) is 0 Å². The molecule has 0 spiro atoms. The van der Waals surface area contributed by atoms with E-state index in [0.29, 0.717) is 17.8 Å². The summed E-state index contributed by atoms with van der Waals surface area (Å²) in [5.74, 6) is 0.610. The van der Waals surface area contributed by atoms with E-state index in [9.17, 15) is 4.79 Å². The summed E-state index contributed by atoms with van der Waals surface area (Å²) in [5, 5.41) is 3.43. The molecule has 0 bridgehead atoms. The summed E-state index contributed by atoms with van der Waals surface area (Å²) in [6, 6.07) is 5.23. The average molecular weight is 439 g/mol. The maximum Gasteiger partial charge on any atom is 0.224 e. The molecular weight excluding hydrogens is 407 g/mol. The van der Waals surface area contributed by atoms with Crippen molar-refractivity contribution in [2.24, 2.45) is 0 Å². The van der Waals surface area contributed by atoms with Crippen molar-refractivity contribution >= 4 is 17.2 Å². The summed E-state index contributed by atoms with van der Waals surface area (Å²) < 4.78 is 17.6. The smallest absolute Gasteiger partial charge is 0.224 e. The minimum Gasteiger partial charge on any atom is -0.383 e. The Labute approximate surface area is 188 Å². The van der Waals surface area contributed by atoms with E-state index >= 15 is 4.39 Å². The van der Waals surface area contributed by atoms with Gasteiger partial charge in [0, 0.05) is 51.3 Å². The van der Waals surface area contributed by atoms with Crippen LogP contribution in [-0.2, 0) is 4.79 Å². The van der Waals surface area contributed by atoms with Crippen LogP contribution in [0.5, 0.6) is 0 Å². The number of fused-ring (bicyclic) bond motifs is 1. The first-order valence-electron chi connectivity index (χ1n) is 11.4. The van der Waals surface area contributed by atoms with Crippen LogP contribution in [0.15, 0.2) is 41.6 Å². The van der Waals surface area contributed by atoms with Crippen LogP contribution in [-0.4, -0.2) is 77.8 Å². The molecule has 8 heteroatoms. The highest BCUT2D eigenvalue weighted by Gasteiger charge is 2.39. The zero-order valence-corrected chi connectivity index (χ0v) is 19.0. The lowest BCUT2D eigenvalue weighted by molar-refractivity contribution is -0.124. The number of likely N-dealkylation sites (N-methyl/N-ethyl adjacent to an activating group) is 2. The Hall–Kier alpha value is -2.71. The Kier molecular flexibility index (Phi) is 5.51. The number of rotatable bonds is 3. The van der Waals surface area contributed by atoms with Crippen molar-refractivity contribution < 1.29 is 9.18 Å². The van der Waals surface area contributed by atoms with Crippen LogP contribution in [0.4, 0.5) is 10.2 Å². The zero-order chi connectivity index (χ0) is 22.4. The second-order valence-electron chi connectivity index (χ2n) is 9.18. The molecule has 170 valence electrons. The number of likely N-dealkylation sites (tertiary alicyclic amines) is 1. The molecule has 2 saturated heterocycles. The summed E-state index contributed by atoms with van der Waals surface area (Å²) in [6.07, 6.45) is 4.87. The van der Waals surface area contributed by atoms with Crippen molar-refractivity contribution in [3.05, 3.63) is 53.3 Å². The van der Waals surface area contributed by atoms with E-state index in [2.05, 4.69) is 39.2 Å². The first kappa shape index (κ1) is 21.2. The van der Waals surface area contributed by atoms with E-state index in [4.69, 9.17) is 4.98 Å². The summed E-state index contributed by atoms with van der Waals surface area (Å²) in [4.78, 5) is 24.1. The largest absolute Gasteiger partial charge is 0.383 e. The molecule has 2 aromatic rings. The molecule has 0 radical (unpaired) electrons. The fourth-order valence-electron chi connectivity index (χ4n) is 5.18. The van der Waals surface area contributed by atoms with Gasteiger partial charge in [0.05, 0.1) is 12.1 Å².